The fourth-order valence-corrected chi connectivity index (χ4v) is 2.40. The Kier molecular flexibility index (Phi) is 4.59. The summed E-state index contributed by atoms with van der Waals surface area (Å²) >= 11 is 5.27. The fourth-order valence-electron chi connectivity index (χ4n) is 2.22. The van der Waals surface area contributed by atoms with Gasteiger partial charge in [-0.2, -0.15) is 14.9 Å². The van der Waals surface area contributed by atoms with E-state index in [9.17, 15) is 0 Å². The van der Waals surface area contributed by atoms with E-state index in [1.165, 1.54) is 0 Å². The summed E-state index contributed by atoms with van der Waals surface area (Å²) < 4.78 is 2.10. The third-order valence-corrected chi connectivity index (χ3v) is 3.66. The number of rotatable bonds is 4. The summed E-state index contributed by atoms with van der Waals surface area (Å²) in [5.74, 6) is 0.706. The first-order chi connectivity index (χ1) is 11.3. The summed E-state index contributed by atoms with van der Waals surface area (Å²) in [4.78, 5) is 0. The largest absolute Gasteiger partial charge is 0.250 e. The van der Waals surface area contributed by atoms with Gasteiger partial charge in [0.25, 0.3) is 0 Å². The molecule has 1 N–H and O–H groups in total. The van der Waals surface area contributed by atoms with Crippen LogP contribution in [0.25, 0.3) is 17.5 Å². The van der Waals surface area contributed by atoms with E-state index in [-0.39, 0.29) is 0 Å². The zero-order valence-corrected chi connectivity index (χ0v) is 13.5. The van der Waals surface area contributed by atoms with Crippen molar-refractivity contribution in [2.75, 3.05) is 0 Å². The molecule has 0 fully saturated rings. The quantitative estimate of drug-likeness (QED) is 0.570. The van der Waals surface area contributed by atoms with Crippen molar-refractivity contribution in [2.24, 2.45) is 5.10 Å². The lowest BCUT2D eigenvalue weighted by Gasteiger charge is -2.03. The van der Waals surface area contributed by atoms with Crippen LogP contribution in [0.5, 0.6) is 0 Å². The van der Waals surface area contributed by atoms with E-state index in [0.717, 1.165) is 16.7 Å². The lowest BCUT2D eigenvalue weighted by molar-refractivity contribution is 0.871. The standard InChI is InChI=1S/C18H16N4S/c1-14-8-5-6-12-16(14)17-20-21-18(23)22(17)19-13-7-11-15-9-3-2-4-10-15/h2-13H,1H3,(H,21,23)/b11-7+,19-13+. The Bertz CT molecular complexity index is 904. The summed E-state index contributed by atoms with van der Waals surface area (Å²) in [5, 5.41) is 11.5. The fraction of sp³-hybridized carbons (Fsp3) is 0.0556. The van der Waals surface area contributed by atoms with Crippen molar-refractivity contribution in [3.05, 3.63) is 76.6 Å². The van der Waals surface area contributed by atoms with Crippen molar-refractivity contribution in [2.45, 2.75) is 6.92 Å². The first-order valence-corrected chi connectivity index (χ1v) is 7.66. The molecule has 0 aliphatic heterocycles. The Balaban J connectivity index is 1.88. The van der Waals surface area contributed by atoms with E-state index in [4.69, 9.17) is 12.2 Å². The zero-order valence-electron chi connectivity index (χ0n) is 12.7. The van der Waals surface area contributed by atoms with E-state index in [0.29, 0.717) is 10.6 Å². The molecule has 1 heterocycles. The van der Waals surface area contributed by atoms with Crippen LogP contribution in [0.15, 0.2) is 65.8 Å². The first kappa shape index (κ1) is 15.1. The van der Waals surface area contributed by atoms with Crippen LogP contribution in [-0.2, 0) is 0 Å². The molecule has 0 amide bonds. The van der Waals surface area contributed by atoms with E-state index in [1.54, 1.807) is 10.9 Å². The van der Waals surface area contributed by atoms with E-state index in [2.05, 4.69) is 15.3 Å². The van der Waals surface area contributed by atoms with Gasteiger partial charge in [0, 0.05) is 11.8 Å². The van der Waals surface area contributed by atoms with Gasteiger partial charge in [-0.15, -0.1) is 0 Å². The van der Waals surface area contributed by atoms with Crippen LogP contribution in [0.3, 0.4) is 0 Å². The van der Waals surface area contributed by atoms with Crippen molar-refractivity contribution in [1.82, 2.24) is 14.9 Å². The maximum absolute atomic E-state index is 5.27. The SMILES string of the molecule is Cc1ccccc1-c1n[nH]c(=S)n1/N=C/C=C/c1ccccc1. The lowest BCUT2D eigenvalue weighted by Crippen LogP contribution is -1.95. The summed E-state index contributed by atoms with van der Waals surface area (Å²) in [7, 11) is 0. The molecular weight excluding hydrogens is 304 g/mol. The van der Waals surface area contributed by atoms with Crippen molar-refractivity contribution >= 4 is 24.5 Å². The van der Waals surface area contributed by atoms with Crippen LogP contribution >= 0.6 is 12.2 Å². The van der Waals surface area contributed by atoms with Gasteiger partial charge in [0.15, 0.2) is 5.82 Å². The topological polar surface area (TPSA) is 46.0 Å². The second-order valence-corrected chi connectivity index (χ2v) is 5.40. The van der Waals surface area contributed by atoms with Crippen LogP contribution in [0, 0.1) is 11.7 Å². The molecule has 0 unspecified atom stereocenters. The van der Waals surface area contributed by atoms with Crippen molar-refractivity contribution < 1.29 is 0 Å². The highest BCUT2D eigenvalue weighted by atomic mass is 32.1. The van der Waals surface area contributed by atoms with Gasteiger partial charge in [0.05, 0.1) is 0 Å². The Morgan fingerprint density at radius 3 is 2.61 bits per heavy atom. The molecule has 0 saturated heterocycles. The Morgan fingerprint density at radius 2 is 1.83 bits per heavy atom. The minimum Gasteiger partial charge on any atom is -0.250 e. The highest BCUT2D eigenvalue weighted by Gasteiger charge is 2.09. The van der Waals surface area contributed by atoms with Crippen LogP contribution < -0.4 is 0 Å². The van der Waals surface area contributed by atoms with Gasteiger partial charge in [-0.25, -0.2) is 5.10 Å². The van der Waals surface area contributed by atoms with E-state index < -0.39 is 0 Å². The van der Waals surface area contributed by atoms with Gasteiger partial charge >= 0.3 is 0 Å². The van der Waals surface area contributed by atoms with E-state index in [1.807, 2.05) is 73.7 Å². The molecule has 114 valence electrons. The molecule has 3 rings (SSSR count). The number of nitrogens with one attached hydrogen (secondary N) is 1. The van der Waals surface area contributed by atoms with Crippen molar-refractivity contribution in [3.63, 3.8) is 0 Å². The number of allylic oxidation sites excluding steroid dienone is 1. The number of hydrogen-bond donors (Lipinski definition) is 1. The number of aromatic nitrogens is 3. The van der Waals surface area contributed by atoms with Crippen LogP contribution in [0.4, 0.5) is 0 Å². The summed E-state index contributed by atoms with van der Waals surface area (Å²) in [5.41, 5.74) is 3.25. The van der Waals surface area contributed by atoms with Gasteiger partial charge < -0.3 is 0 Å². The summed E-state index contributed by atoms with van der Waals surface area (Å²) in [6.07, 6.45) is 5.58. The van der Waals surface area contributed by atoms with Crippen LogP contribution in [-0.4, -0.2) is 21.1 Å². The van der Waals surface area contributed by atoms with Gasteiger partial charge in [0.2, 0.25) is 4.77 Å². The third kappa shape index (κ3) is 3.52. The number of aromatic amines is 1. The molecule has 2 aromatic carbocycles. The number of hydrogen-bond acceptors (Lipinski definition) is 3. The molecular formula is C18H16N4S. The summed E-state index contributed by atoms with van der Waals surface area (Å²) in [6, 6.07) is 18.1. The second kappa shape index (κ2) is 6.98. The number of aryl methyl sites for hydroxylation is 1. The molecule has 0 saturated carbocycles. The number of benzene rings is 2. The lowest BCUT2D eigenvalue weighted by atomic mass is 10.1. The smallest absolute Gasteiger partial charge is 0.216 e. The molecule has 0 radical (unpaired) electrons. The molecule has 0 aliphatic carbocycles. The highest BCUT2D eigenvalue weighted by molar-refractivity contribution is 7.71. The molecule has 4 nitrogen and oxygen atoms in total. The minimum atomic E-state index is 0.465. The maximum Gasteiger partial charge on any atom is 0.216 e. The number of H-pyrrole nitrogens is 1. The molecule has 5 heteroatoms. The molecule has 3 aromatic rings. The Morgan fingerprint density at radius 1 is 1.09 bits per heavy atom. The number of nitrogens with zero attached hydrogens (tertiary/aromatic N) is 3. The first-order valence-electron chi connectivity index (χ1n) is 7.25. The minimum absolute atomic E-state index is 0.465. The molecule has 0 bridgehead atoms. The van der Waals surface area contributed by atoms with Gasteiger partial charge in [-0.3, -0.25) is 0 Å². The molecule has 0 aliphatic rings. The molecule has 23 heavy (non-hydrogen) atoms. The van der Waals surface area contributed by atoms with E-state index >= 15 is 0 Å². The normalized spacial score (nSPS) is 11.5. The predicted octanol–water partition coefficient (Wildman–Crippen LogP) is 4.46. The van der Waals surface area contributed by atoms with Gasteiger partial charge in [-0.1, -0.05) is 60.7 Å². The average Bonchev–Trinajstić information content (AvgIpc) is 2.94. The third-order valence-electron chi connectivity index (χ3n) is 3.39. The molecule has 1 aromatic heterocycles. The van der Waals surface area contributed by atoms with Crippen LogP contribution in [0.2, 0.25) is 0 Å². The monoisotopic (exact) mass is 320 g/mol. The van der Waals surface area contributed by atoms with Gasteiger partial charge in [0.1, 0.15) is 0 Å². The van der Waals surface area contributed by atoms with Crippen molar-refractivity contribution in [1.29, 1.82) is 0 Å². The van der Waals surface area contributed by atoms with Crippen molar-refractivity contribution in [3.8, 4) is 11.4 Å². The summed E-state index contributed by atoms with van der Waals surface area (Å²) in [6.45, 7) is 2.04. The molecule has 0 atom stereocenters. The Labute approximate surface area is 139 Å². The average molecular weight is 320 g/mol. The second-order valence-electron chi connectivity index (χ2n) is 5.01. The molecule has 0 spiro atoms. The van der Waals surface area contributed by atoms with Gasteiger partial charge in [-0.05, 0) is 36.3 Å². The Hall–Kier alpha value is -2.79. The predicted molar refractivity (Wildman–Crippen MR) is 97.0 cm³/mol. The highest BCUT2D eigenvalue weighted by Crippen LogP contribution is 2.20. The van der Waals surface area contributed by atoms with Crippen LogP contribution in [0.1, 0.15) is 11.1 Å². The zero-order chi connectivity index (χ0) is 16.1. The maximum atomic E-state index is 5.27.